The van der Waals surface area contributed by atoms with E-state index >= 15 is 0 Å². The van der Waals surface area contributed by atoms with Gasteiger partial charge in [0.2, 0.25) is 0 Å². The van der Waals surface area contributed by atoms with Crippen molar-refractivity contribution in [3.8, 4) is 0 Å². The van der Waals surface area contributed by atoms with Gasteiger partial charge in [-0.2, -0.15) is 0 Å². The predicted molar refractivity (Wildman–Crippen MR) is 73.2 cm³/mol. The van der Waals surface area contributed by atoms with Gasteiger partial charge in [-0.3, -0.25) is 9.78 Å². The van der Waals surface area contributed by atoms with Gasteiger partial charge in [-0.15, -0.1) is 0 Å². The van der Waals surface area contributed by atoms with Gasteiger partial charge in [-0.25, -0.2) is 0 Å². The second-order valence-corrected chi connectivity index (χ2v) is 4.80. The van der Waals surface area contributed by atoms with Gasteiger partial charge in [0.15, 0.2) is 5.78 Å². The van der Waals surface area contributed by atoms with Crippen molar-refractivity contribution in [2.24, 2.45) is 0 Å². The van der Waals surface area contributed by atoms with Gasteiger partial charge in [-0.05, 0) is 49.2 Å². The summed E-state index contributed by atoms with van der Waals surface area (Å²) in [6, 6.07) is 9.18. The summed E-state index contributed by atoms with van der Waals surface area (Å²) < 4.78 is 0. The predicted octanol–water partition coefficient (Wildman–Crippen LogP) is 3.78. The molecule has 1 aromatic carbocycles. The van der Waals surface area contributed by atoms with E-state index in [-0.39, 0.29) is 5.78 Å². The van der Waals surface area contributed by atoms with Gasteiger partial charge in [0.1, 0.15) is 0 Å². The van der Waals surface area contributed by atoms with E-state index in [1.165, 1.54) is 0 Å². The zero-order chi connectivity index (χ0) is 13.1. The smallest absolute Gasteiger partial charge is 0.168 e. The van der Waals surface area contributed by atoms with Gasteiger partial charge >= 0.3 is 0 Å². The minimum Gasteiger partial charge on any atom is -0.294 e. The summed E-state index contributed by atoms with van der Waals surface area (Å²) >= 11 is 5.94. The molecule has 0 N–H and O–H groups in total. The molecule has 0 fully saturated rings. The van der Waals surface area contributed by atoms with E-state index in [9.17, 15) is 4.79 Å². The molecule has 0 aliphatic rings. The van der Waals surface area contributed by atoms with Crippen molar-refractivity contribution >= 4 is 17.4 Å². The van der Waals surface area contributed by atoms with Gasteiger partial charge in [0.25, 0.3) is 0 Å². The van der Waals surface area contributed by atoms with Gasteiger partial charge in [-0.1, -0.05) is 17.7 Å². The first kappa shape index (κ1) is 12.8. The number of carbonyl (C=O) groups excluding carboxylic acids is 1. The molecular formula is C15H14ClNO. The van der Waals surface area contributed by atoms with Crippen molar-refractivity contribution in [2.75, 3.05) is 0 Å². The van der Waals surface area contributed by atoms with Crippen LogP contribution in [0.5, 0.6) is 0 Å². The molecule has 0 amide bonds. The van der Waals surface area contributed by atoms with Gasteiger partial charge in [0.05, 0.1) is 6.42 Å². The van der Waals surface area contributed by atoms with Crippen molar-refractivity contribution in [1.29, 1.82) is 0 Å². The van der Waals surface area contributed by atoms with E-state index in [1.807, 2.05) is 32.0 Å². The number of benzene rings is 1. The molecule has 0 unspecified atom stereocenters. The van der Waals surface area contributed by atoms with E-state index < -0.39 is 0 Å². The Balaban J connectivity index is 2.16. The summed E-state index contributed by atoms with van der Waals surface area (Å²) in [5, 5.41) is 0.681. The Morgan fingerprint density at radius 3 is 2.61 bits per heavy atom. The molecule has 2 rings (SSSR count). The van der Waals surface area contributed by atoms with Crippen LogP contribution < -0.4 is 0 Å². The number of aryl methyl sites for hydroxylation is 2. The molecule has 0 spiro atoms. The normalized spacial score (nSPS) is 10.4. The number of hydrogen-bond donors (Lipinski definition) is 0. The standard InChI is InChI=1S/C15H14ClNO/c1-10-3-5-13(17-9-10)8-15(18)12-4-6-14(16)11(2)7-12/h3-7,9H,8H2,1-2H3. The third-order valence-electron chi connectivity index (χ3n) is 2.79. The van der Waals surface area contributed by atoms with Crippen molar-refractivity contribution in [2.45, 2.75) is 20.3 Å². The molecule has 0 bridgehead atoms. The van der Waals surface area contributed by atoms with Crippen LogP contribution in [0.1, 0.15) is 27.2 Å². The Bertz CT molecular complexity index is 576. The first-order valence-corrected chi connectivity index (χ1v) is 6.15. The highest BCUT2D eigenvalue weighted by molar-refractivity contribution is 6.31. The summed E-state index contributed by atoms with van der Waals surface area (Å²) in [7, 11) is 0. The number of aromatic nitrogens is 1. The van der Waals surface area contributed by atoms with Crippen LogP contribution >= 0.6 is 11.6 Å². The van der Waals surface area contributed by atoms with Crippen LogP contribution in [-0.4, -0.2) is 10.8 Å². The fourth-order valence-corrected chi connectivity index (χ4v) is 1.81. The van der Waals surface area contributed by atoms with Crippen molar-refractivity contribution in [3.05, 3.63) is 63.9 Å². The quantitative estimate of drug-likeness (QED) is 0.786. The molecule has 0 atom stereocenters. The summed E-state index contributed by atoms with van der Waals surface area (Å²) in [6.07, 6.45) is 2.09. The van der Waals surface area contributed by atoms with Crippen molar-refractivity contribution in [3.63, 3.8) is 0 Å². The lowest BCUT2D eigenvalue weighted by atomic mass is 10.0. The highest BCUT2D eigenvalue weighted by Crippen LogP contribution is 2.17. The zero-order valence-electron chi connectivity index (χ0n) is 10.4. The summed E-state index contributed by atoms with van der Waals surface area (Å²) in [6.45, 7) is 3.87. The maximum atomic E-state index is 12.1. The molecule has 18 heavy (non-hydrogen) atoms. The minimum absolute atomic E-state index is 0.0612. The van der Waals surface area contributed by atoms with E-state index in [4.69, 9.17) is 11.6 Å². The Morgan fingerprint density at radius 2 is 2.00 bits per heavy atom. The average molecular weight is 260 g/mol. The SMILES string of the molecule is Cc1ccc(CC(=O)c2ccc(Cl)c(C)c2)nc1. The lowest BCUT2D eigenvalue weighted by Gasteiger charge is -2.04. The molecule has 0 radical (unpaired) electrons. The van der Waals surface area contributed by atoms with Crippen LogP contribution in [0.4, 0.5) is 0 Å². The summed E-state index contributed by atoms with van der Waals surface area (Å²) in [5.74, 6) is 0.0612. The molecular weight excluding hydrogens is 246 g/mol. The van der Waals surface area contributed by atoms with Crippen molar-refractivity contribution < 1.29 is 4.79 Å². The molecule has 0 saturated carbocycles. The number of hydrogen-bond acceptors (Lipinski definition) is 2. The van der Waals surface area contributed by atoms with Crippen LogP contribution in [0.3, 0.4) is 0 Å². The minimum atomic E-state index is 0.0612. The first-order valence-electron chi connectivity index (χ1n) is 5.77. The molecule has 1 heterocycles. The third kappa shape index (κ3) is 2.96. The van der Waals surface area contributed by atoms with Gasteiger partial charge in [0, 0.05) is 22.5 Å². The Morgan fingerprint density at radius 1 is 1.22 bits per heavy atom. The largest absolute Gasteiger partial charge is 0.294 e. The highest BCUT2D eigenvalue weighted by atomic mass is 35.5. The molecule has 3 heteroatoms. The Labute approximate surface area is 112 Å². The van der Waals surface area contributed by atoms with Crippen LogP contribution in [0.2, 0.25) is 5.02 Å². The number of nitrogens with zero attached hydrogens (tertiary/aromatic N) is 1. The van der Waals surface area contributed by atoms with Gasteiger partial charge < -0.3 is 0 Å². The fourth-order valence-electron chi connectivity index (χ4n) is 1.69. The molecule has 0 aliphatic carbocycles. The average Bonchev–Trinajstić information content (AvgIpc) is 2.35. The van der Waals surface area contributed by atoms with Crippen LogP contribution in [0.15, 0.2) is 36.5 Å². The molecule has 0 aliphatic heterocycles. The lowest BCUT2D eigenvalue weighted by Crippen LogP contribution is -2.05. The number of pyridine rings is 1. The monoisotopic (exact) mass is 259 g/mol. The first-order chi connectivity index (χ1) is 8.56. The maximum absolute atomic E-state index is 12.1. The number of halogens is 1. The maximum Gasteiger partial charge on any atom is 0.168 e. The Hall–Kier alpha value is -1.67. The molecule has 0 saturated heterocycles. The van der Waals surface area contributed by atoms with Crippen LogP contribution in [-0.2, 0) is 6.42 Å². The summed E-state index contributed by atoms with van der Waals surface area (Å²) in [4.78, 5) is 16.3. The highest BCUT2D eigenvalue weighted by Gasteiger charge is 2.09. The van der Waals surface area contributed by atoms with Crippen LogP contribution in [0, 0.1) is 13.8 Å². The van der Waals surface area contributed by atoms with E-state index in [1.54, 1.807) is 18.3 Å². The number of Topliss-reactive ketones (excluding diaryl/α,β-unsaturated/α-hetero) is 1. The fraction of sp³-hybridized carbons (Fsp3) is 0.200. The lowest BCUT2D eigenvalue weighted by molar-refractivity contribution is 0.0992. The Kier molecular flexibility index (Phi) is 3.78. The second-order valence-electron chi connectivity index (χ2n) is 4.39. The van der Waals surface area contributed by atoms with Crippen molar-refractivity contribution in [1.82, 2.24) is 4.98 Å². The summed E-state index contributed by atoms with van der Waals surface area (Å²) in [5.41, 5.74) is 3.48. The third-order valence-corrected chi connectivity index (χ3v) is 3.22. The second kappa shape index (κ2) is 5.32. The topological polar surface area (TPSA) is 30.0 Å². The molecule has 2 aromatic rings. The van der Waals surface area contributed by atoms with E-state index in [0.29, 0.717) is 17.0 Å². The number of carbonyl (C=O) groups is 1. The molecule has 92 valence electrons. The van der Waals surface area contributed by atoms with E-state index in [0.717, 1.165) is 16.8 Å². The molecule has 2 nitrogen and oxygen atoms in total. The van der Waals surface area contributed by atoms with Crippen LogP contribution in [0.25, 0.3) is 0 Å². The number of rotatable bonds is 3. The zero-order valence-corrected chi connectivity index (χ0v) is 11.2. The number of ketones is 1. The van der Waals surface area contributed by atoms with E-state index in [2.05, 4.69) is 4.98 Å². The molecule has 1 aromatic heterocycles.